The highest BCUT2D eigenvalue weighted by Crippen LogP contribution is 2.35. The summed E-state index contributed by atoms with van der Waals surface area (Å²) in [4.78, 5) is 39.6. The van der Waals surface area contributed by atoms with E-state index in [-0.39, 0.29) is 35.9 Å². The van der Waals surface area contributed by atoms with Crippen LogP contribution in [0, 0.1) is 17.2 Å². The molecule has 2 aliphatic rings. The van der Waals surface area contributed by atoms with Crippen molar-refractivity contribution in [1.29, 1.82) is 5.41 Å². The second kappa shape index (κ2) is 11.8. The first-order valence-corrected chi connectivity index (χ1v) is 12.1. The van der Waals surface area contributed by atoms with Crippen LogP contribution in [0.5, 0.6) is 0 Å². The van der Waals surface area contributed by atoms with E-state index in [1.807, 2.05) is 12.1 Å². The molecule has 1 saturated carbocycles. The van der Waals surface area contributed by atoms with Gasteiger partial charge in [0, 0.05) is 31.0 Å². The summed E-state index contributed by atoms with van der Waals surface area (Å²) in [7, 11) is 0. The third kappa shape index (κ3) is 6.79. The van der Waals surface area contributed by atoms with Gasteiger partial charge in [0.25, 0.3) is 0 Å². The summed E-state index contributed by atoms with van der Waals surface area (Å²) in [6, 6.07) is 6.63. The lowest BCUT2D eigenvalue weighted by molar-refractivity contribution is -0.148. The summed E-state index contributed by atoms with van der Waals surface area (Å²) < 4.78 is 0. The smallest absolute Gasteiger partial charge is 0.303 e. The highest BCUT2D eigenvalue weighted by molar-refractivity contribution is 5.95. The number of carbonyl (C=O) groups is 3. The SMILES string of the molecule is N=C(N)c1ccc(CNC(=O)[C@H]2CCCCN2C(=O)[C@H](CCC(=O)O)C2CCCCC2)cc1. The van der Waals surface area contributed by atoms with Crippen molar-refractivity contribution in [2.24, 2.45) is 17.6 Å². The van der Waals surface area contributed by atoms with Gasteiger partial charge in [-0.1, -0.05) is 43.5 Å². The Labute approximate surface area is 195 Å². The number of hydrogen-bond donors (Lipinski definition) is 4. The van der Waals surface area contributed by atoms with Crippen LogP contribution in [0.25, 0.3) is 0 Å². The monoisotopic (exact) mass is 456 g/mol. The molecule has 1 heterocycles. The Hall–Kier alpha value is -2.90. The number of benzene rings is 1. The molecule has 8 nitrogen and oxygen atoms in total. The van der Waals surface area contributed by atoms with Crippen LogP contribution in [-0.4, -0.2) is 46.2 Å². The molecular weight excluding hydrogens is 420 g/mol. The maximum Gasteiger partial charge on any atom is 0.303 e. The molecule has 1 aliphatic carbocycles. The molecule has 2 fully saturated rings. The van der Waals surface area contributed by atoms with Crippen molar-refractivity contribution in [2.75, 3.05) is 6.54 Å². The molecule has 33 heavy (non-hydrogen) atoms. The van der Waals surface area contributed by atoms with Crippen LogP contribution < -0.4 is 11.1 Å². The molecule has 8 heteroatoms. The summed E-state index contributed by atoms with van der Waals surface area (Å²) in [5, 5.41) is 19.6. The fraction of sp³-hybridized carbons (Fsp3) is 0.600. The molecule has 0 spiro atoms. The highest BCUT2D eigenvalue weighted by Gasteiger charge is 2.38. The molecular formula is C25H36N4O4. The lowest BCUT2D eigenvalue weighted by atomic mass is 9.77. The van der Waals surface area contributed by atoms with Gasteiger partial charge >= 0.3 is 5.97 Å². The number of nitrogen functional groups attached to an aromatic ring is 1. The number of rotatable bonds is 9. The number of carboxylic acids is 1. The summed E-state index contributed by atoms with van der Waals surface area (Å²) in [5.41, 5.74) is 7.01. The van der Waals surface area contributed by atoms with E-state index >= 15 is 0 Å². The quantitative estimate of drug-likeness (QED) is 0.334. The van der Waals surface area contributed by atoms with E-state index in [1.165, 1.54) is 6.42 Å². The Morgan fingerprint density at radius 2 is 1.73 bits per heavy atom. The number of nitrogens with one attached hydrogen (secondary N) is 2. The van der Waals surface area contributed by atoms with Gasteiger partial charge in [0.1, 0.15) is 11.9 Å². The topological polar surface area (TPSA) is 137 Å². The minimum atomic E-state index is -0.882. The van der Waals surface area contributed by atoms with Crippen molar-refractivity contribution in [3.8, 4) is 0 Å². The number of amidine groups is 1. The third-order valence-corrected chi connectivity index (χ3v) is 7.03. The zero-order chi connectivity index (χ0) is 23.8. The molecule has 0 bridgehead atoms. The van der Waals surface area contributed by atoms with Crippen molar-refractivity contribution in [2.45, 2.75) is 76.8 Å². The number of nitrogens with zero attached hydrogens (tertiary/aromatic N) is 1. The Balaban J connectivity index is 1.67. The minimum Gasteiger partial charge on any atom is -0.481 e. The molecule has 1 aliphatic heterocycles. The molecule has 3 rings (SSSR count). The second-order valence-corrected chi connectivity index (χ2v) is 9.31. The van der Waals surface area contributed by atoms with Gasteiger partial charge in [-0.25, -0.2) is 0 Å². The summed E-state index contributed by atoms with van der Waals surface area (Å²) in [6.45, 7) is 0.876. The largest absolute Gasteiger partial charge is 0.481 e. The lowest BCUT2D eigenvalue weighted by Crippen LogP contribution is -2.54. The standard InChI is InChI=1S/C25H36N4O4/c26-23(27)19-11-9-17(10-12-19)16-28-24(32)21-8-4-5-15-29(21)25(33)20(13-14-22(30)31)18-6-2-1-3-7-18/h9-12,18,20-21H,1-8,13-16H2,(H3,26,27)(H,28,32)(H,30,31)/t20-,21-/m1/s1. The van der Waals surface area contributed by atoms with Gasteiger partial charge < -0.3 is 21.1 Å². The average Bonchev–Trinajstić information content (AvgIpc) is 2.83. The molecule has 0 aromatic heterocycles. The Morgan fingerprint density at radius 3 is 2.36 bits per heavy atom. The molecule has 1 saturated heterocycles. The van der Waals surface area contributed by atoms with Crippen molar-refractivity contribution in [3.05, 3.63) is 35.4 Å². The predicted molar refractivity (Wildman–Crippen MR) is 126 cm³/mol. The second-order valence-electron chi connectivity index (χ2n) is 9.31. The lowest BCUT2D eigenvalue weighted by Gasteiger charge is -2.39. The van der Waals surface area contributed by atoms with Crippen LogP contribution >= 0.6 is 0 Å². The van der Waals surface area contributed by atoms with Gasteiger partial charge in [0.15, 0.2) is 0 Å². The Bertz CT molecular complexity index is 848. The first kappa shape index (κ1) is 24.7. The van der Waals surface area contributed by atoms with E-state index < -0.39 is 12.0 Å². The highest BCUT2D eigenvalue weighted by atomic mass is 16.4. The van der Waals surface area contributed by atoms with E-state index in [9.17, 15) is 19.5 Å². The predicted octanol–water partition coefficient (Wildman–Crippen LogP) is 3.03. The average molecular weight is 457 g/mol. The zero-order valence-electron chi connectivity index (χ0n) is 19.2. The van der Waals surface area contributed by atoms with Gasteiger partial charge in [-0.15, -0.1) is 0 Å². The van der Waals surface area contributed by atoms with E-state index in [4.69, 9.17) is 11.1 Å². The number of aliphatic carboxylic acids is 1. The van der Waals surface area contributed by atoms with Crippen LogP contribution in [0.15, 0.2) is 24.3 Å². The number of likely N-dealkylation sites (tertiary alicyclic amines) is 1. The van der Waals surface area contributed by atoms with Crippen LogP contribution in [0.1, 0.15) is 75.3 Å². The van der Waals surface area contributed by atoms with Crippen LogP contribution in [-0.2, 0) is 20.9 Å². The summed E-state index contributed by atoms with van der Waals surface area (Å²) in [5.74, 6) is -1.22. The molecule has 180 valence electrons. The van der Waals surface area contributed by atoms with Gasteiger partial charge in [-0.2, -0.15) is 0 Å². The third-order valence-electron chi connectivity index (χ3n) is 7.03. The molecule has 2 amide bonds. The van der Waals surface area contributed by atoms with Crippen molar-refractivity contribution >= 4 is 23.6 Å². The van der Waals surface area contributed by atoms with Crippen molar-refractivity contribution in [1.82, 2.24) is 10.2 Å². The number of hydrogen-bond acceptors (Lipinski definition) is 4. The molecule has 1 aromatic rings. The molecule has 5 N–H and O–H groups in total. The number of carbonyl (C=O) groups excluding carboxylic acids is 2. The first-order valence-electron chi connectivity index (χ1n) is 12.1. The number of carboxylic acid groups (broad SMARTS) is 1. The number of amides is 2. The molecule has 0 radical (unpaired) electrons. The van der Waals surface area contributed by atoms with Gasteiger partial charge in [-0.05, 0) is 50.0 Å². The van der Waals surface area contributed by atoms with Crippen molar-refractivity contribution in [3.63, 3.8) is 0 Å². The van der Waals surface area contributed by atoms with Gasteiger partial charge in [0.2, 0.25) is 11.8 Å². The Morgan fingerprint density at radius 1 is 1.06 bits per heavy atom. The molecule has 0 unspecified atom stereocenters. The Kier molecular flexibility index (Phi) is 8.86. The fourth-order valence-electron chi connectivity index (χ4n) is 5.17. The van der Waals surface area contributed by atoms with Crippen LogP contribution in [0.3, 0.4) is 0 Å². The van der Waals surface area contributed by atoms with Crippen LogP contribution in [0.2, 0.25) is 0 Å². The minimum absolute atomic E-state index is 0.00244. The number of piperidine rings is 1. The molecule has 1 aromatic carbocycles. The number of nitrogens with two attached hydrogens (primary N) is 1. The summed E-state index contributed by atoms with van der Waals surface area (Å²) >= 11 is 0. The summed E-state index contributed by atoms with van der Waals surface area (Å²) in [6.07, 6.45) is 7.92. The molecule has 2 atom stereocenters. The van der Waals surface area contributed by atoms with E-state index in [0.717, 1.165) is 44.1 Å². The maximum atomic E-state index is 13.6. The maximum absolute atomic E-state index is 13.6. The first-order chi connectivity index (χ1) is 15.9. The fourth-order valence-corrected chi connectivity index (χ4v) is 5.17. The van der Waals surface area contributed by atoms with Crippen LogP contribution in [0.4, 0.5) is 0 Å². The van der Waals surface area contributed by atoms with E-state index in [1.54, 1.807) is 17.0 Å². The van der Waals surface area contributed by atoms with E-state index in [2.05, 4.69) is 5.32 Å². The zero-order valence-corrected chi connectivity index (χ0v) is 19.2. The van der Waals surface area contributed by atoms with Gasteiger partial charge in [-0.3, -0.25) is 19.8 Å². The van der Waals surface area contributed by atoms with Gasteiger partial charge in [0.05, 0.1) is 0 Å². The normalized spacial score (nSPS) is 20.1. The van der Waals surface area contributed by atoms with Crippen molar-refractivity contribution < 1.29 is 19.5 Å². The van der Waals surface area contributed by atoms with E-state index in [0.29, 0.717) is 31.5 Å².